The van der Waals surface area contributed by atoms with Gasteiger partial charge in [0.05, 0.1) is 5.69 Å². The summed E-state index contributed by atoms with van der Waals surface area (Å²) < 4.78 is 26.5. The first-order chi connectivity index (χ1) is 6.20. The van der Waals surface area contributed by atoms with E-state index in [4.69, 9.17) is 0 Å². The van der Waals surface area contributed by atoms with Gasteiger partial charge in [-0.3, -0.25) is 4.68 Å². The molecular weight excluding hydrogens is 176 g/mol. The number of aryl methyl sites for hydroxylation is 1. The van der Waals surface area contributed by atoms with E-state index >= 15 is 0 Å². The number of rotatable bonds is 4. The Hall–Kier alpha value is -0.970. The lowest BCUT2D eigenvalue weighted by Gasteiger charge is -2.15. The van der Waals surface area contributed by atoms with E-state index in [0.717, 1.165) is 0 Å². The molecule has 0 aromatic carbocycles. The van der Waals surface area contributed by atoms with Crippen molar-refractivity contribution in [2.45, 2.75) is 25.9 Å². The van der Waals surface area contributed by atoms with Crippen molar-refractivity contribution in [3.8, 4) is 0 Å². The Morgan fingerprint density at radius 1 is 1.62 bits per heavy atom. The number of nitrogens with zero attached hydrogens (tertiary/aromatic N) is 2. The first-order valence-electron chi connectivity index (χ1n) is 4.17. The Kier molecular flexibility index (Phi) is 3.36. The Morgan fingerprint density at radius 3 is 2.77 bits per heavy atom. The molecule has 1 unspecified atom stereocenters. The minimum absolute atomic E-state index is 0.528. The fourth-order valence-corrected chi connectivity index (χ4v) is 1.27. The standard InChI is InChI=1S/C8H13F2N3/c1-3-13-6(4-5-12-13)7(11-2)8(9)10/h4-5,7-8,11H,3H2,1-2H3. The van der Waals surface area contributed by atoms with Gasteiger partial charge in [0.15, 0.2) is 0 Å². The van der Waals surface area contributed by atoms with E-state index in [-0.39, 0.29) is 0 Å². The minimum atomic E-state index is -2.41. The van der Waals surface area contributed by atoms with Gasteiger partial charge in [-0.25, -0.2) is 8.78 Å². The molecule has 0 spiro atoms. The normalized spacial score (nSPS) is 13.6. The van der Waals surface area contributed by atoms with Crippen LogP contribution < -0.4 is 5.32 Å². The van der Waals surface area contributed by atoms with E-state index in [2.05, 4.69) is 10.4 Å². The monoisotopic (exact) mass is 189 g/mol. The van der Waals surface area contributed by atoms with Gasteiger partial charge in [-0.2, -0.15) is 5.10 Å². The lowest BCUT2D eigenvalue weighted by Crippen LogP contribution is -2.26. The highest BCUT2D eigenvalue weighted by molar-refractivity contribution is 5.07. The highest BCUT2D eigenvalue weighted by Crippen LogP contribution is 2.19. The second-order valence-corrected chi connectivity index (χ2v) is 2.67. The summed E-state index contributed by atoms with van der Waals surface area (Å²) in [6, 6.07) is 0.680. The molecule has 0 saturated heterocycles. The molecule has 1 N–H and O–H groups in total. The molecule has 74 valence electrons. The number of nitrogens with one attached hydrogen (secondary N) is 1. The van der Waals surface area contributed by atoms with Gasteiger partial charge in [0.2, 0.25) is 0 Å². The number of aromatic nitrogens is 2. The molecule has 0 amide bonds. The lowest BCUT2D eigenvalue weighted by molar-refractivity contribution is 0.0981. The van der Waals surface area contributed by atoms with Crippen molar-refractivity contribution in [2.75, 3.05) is 7.05 Å². The molecule has 0 saturated carbocycles. The predicted molar refractivity (Wildman–Crippen MR) is 45.7 cm³/mol. The van der Waals surface area contributed by atoms with Crippen LogP contribution >= 0.6 is 0 Å². The van der Waals surface area contributed by atoms with Gasteiger partial charge >= 0.3 is 0 Å². The topological polar surface area (TPSA) is 29.9 Å². The van der Waals surface area contributed by atoms with Crippen LogP contribution in [0.2, 0.25) is 0 Å². The van der Waals surface area contributed by atoms with E-state index in [9.17, 15) is 8.78 Å². The number of hydrogen-bond donors (Lipinski definition) is 1. The molecule has 1 aromatic rings. The van der Waals surface area contributed by atoms with Crippen LogP contribution in [0.15, 0.2) is 12.3 Å². The van der Waals surface area contributed by atoms with E-state index in [1.165, 1.54) is 13.2 Å². The van der Waals surface area contributed by atoms with Crippen molar-refractivity contribution in [3.63, 3.8) is 0 Å². The SMILES string of the molecule is CCn1nccc1C(NC)C(F)F. The minimum Gasteiger partial charge on any atom is -0.307 e. The molecule has 3 nitrogen and oxygen atoms in total. The van der Waals surface area contributed by atoms with E-state index in [1.807, 2.05) is 6.92 Å². The van der Waals surface area contributed by atoms with Crippen LogP contribution in [0.5, 0.6) is 0 Å². The average Bonchev–Trinajstić information content (AvgIpc) is 2.53. The van der Waals surface area contributed by atoms with Gasteiger partial charge in [-0.1, -0.05) is 0 Å². The molecule has 0 aliphatic heterocycles. The van der Waals surface area contributed by atoms with Crippen molar-refractivity contribution in [3.05, 3.63) is 18.0 Å². The van der Waals surface area contributed by atoms with Gasteiger partial charge in [-0.05, 0) is 20.0 Å². The largest absolute Gasteiger partial charge is 0.307 e. The molecule has 1 heterocycles. The summed E-state index contributed by atoms with van der Waals surface area (Å²) in [6.07, 6.45) is -0.877. The van der Waals surface area contributed by atoms with Crippen molar-refractivity contribution >= 4 is 0 Å². The molecule has 0 fully saturated rings. The van der Waals surface area contributed by atoms with Crippen LogP contribution in [0.1, 0.15) is 18.7 Å². The number of halogens is 2. The van der Waals surface area contributed by atoms with Gasteiger partial charge in [0.25, 0.3) is 6.43 Å². The summed E-state index contributed by atoms with van der Waals surface area (Å²) in [5.41, 5.74) is 0.528. The van der Waals surface area contributed by atoms with E-state index < -0.39 is 12.5 Å². The molecule has 5 heteroatoms. The smallest absolute Gasteiger partial charge is 0.259 e. The zero-order valence-corrected chi connectivity index (χ0v) is 7.67. The third kappa shape index (κ3) is 2.03. The molecular formula is C8H13F2N3. The Balaban J connectivity index is 2.90. The van der Waals surface area contributed by atoms with Crippen LogP contribution in [0.3, 0.4) is 0 Å². The lowest BCUT2D eigenvalue weighted by atomic mass is 10.2. The van der Waals surface area contributed by atoms with Crippen LogP contribution in [-0.4, -0.2) is 23.3 Å². The second kappa shape index (κ2) is 4.32. The Labute approximate surface area is 75.7 Å². The van der Waals surface area contributed by atoms with Crippen molar-refractivity contribution in [1.29, 1.82) is 0 Å². The molecule has 1 aromatic heterocycles. The van der Waals surface area contributed by atoms with Crippen molar-refractivity contribution in [2.24, 2.45) is 0 Å². The third-order valence-corrected chi connectivity index (χ3v) is 1.93. The highest BCUT2D eigenvalue weighted by Gasteiger charge is 2.23. The summed E-state index contributed by atoms with van der Waals surface area (Å²) in [4.78, 5) is 0. The quantitative estimate of drug-likeness (QED) is 0.776. The van der Waals surface area contributed by atoms with Crippen LogP contribution in [-0.2, 0) is 6.54 Å². The number of hydrogen-bond acceptors (Lipinski definition) is 2. The molecule has 0 aliphatic carbocycles. The van der Waals surface area contributed by atoms with Crippen LogP contribution in [0, 0.1) is 0 Å². The molecule has 0 radical (unpaired) electrons. The van der Waals surface area contributed by atoms with Crippen LogP contribution in [0.25, 0.3) is 0 Å². The van der Waals surface area contributed by atoms with E-state index in [0.29, 0.717) is 12.2 Å². The van der Waals surface area contributed by atoms with Gasteiger partial charge in [-0.15, -0.1) is 0 Å². The molecule has 13 heavy (non-hydrogen) atoms. The predicted octanol–water partition coefficient (Wildman–Crippen LogP) is 1.43. The Morgan fingerprint density at radius 2 is 2.31 bits per heavy atom. The van der Waals surface area contributed by atoms with Crippen LogP contribution in [0.4, 0.5) is 8.78 Å². The summed E-state index contributed by atoms with van der Waals surface area (Å²) in [6.45, 7) is 2.47. The maximum atomic E-state index is 12.5. The zero-order chi connectivity index (χ0) is 9.84. The number of alkyl halides is 2. The van der Waals surface area contributed by atoms with E-state index in [1.54, 1.807) is 10.7 Å². The summed E-state index contributed by atoms with van der Waals surface area (Å²) in [5.74, 6) is 0. The van der Waals surface area contributed by atoms with Crippen molar-refractivity contribution < 1.29 is 8.78 Å². The fourth-order valence-electron chi connectivity index (χ4n) is 1.27. The second-order valence-electron chi connectivity index (χ2n) is 2.67. The molecule has 1 rings (SSSR count). The Bertz CT molecular complexity index is 260. The summed E-state index contributed by atoms with van der Waals surface area (Å²) in [7, 11) is 1.52. The van der Waals surface area contributed by atoms with Gasteiger partial charge in [0, 0.05) is 12.7 Å². The highest BCUT2D eigenvalue weighted by atomic mass is 19.3. The van der Waals surface area contributed by atoms with Gasteiger partial charge in [0.1, 0.15) is 6.04 Å². The first kappa shape index (κ1) is 10.1. The van der Waals surface area contributed by atoms with Gasteiger partial charge < -0.3 is 5.32 Å². The fraction of sp³-hybridized carbons (Fsp3) is 0.625. The summed E-state index contributed by atoms with van der Waals surface area (Å²) in [5, 5.41) is 6.50. The maximum Gasteiger partial charge on any atom is 0.259 e. The molecule has 1 atom stereocenters. The average molecular weight is 189 g/mol. The summed E-state index contributed by atoms with van der Waals surface area (Å²) >= 11 is 0. The molecule has 0 bridgehead atoms. The first-order valence-corrected chi connectivity index (χ1v) is 4.17. The molecule has 0 aliphatic rings. The van der Waals surface area contributed by atoms with Crippen molar-refractivity contribution in [1.82, 2.24) is 15.1 Å². The maximum absolute atomic E-state index is 12.5. The zero-order valence-electron chi connectivity index (χ0n) is 7.67. The third-order valence-electron chi connectivity index (χ3n) is 1.93.